The molecule has 3 aromatic rings. The number of nitrogens with two attached hydrogens (primary N) is 1. The molecule has 3 aromatic carbocycles. The summed E-state index contributed by atoms with van der Waals surface area (Å²) in [4.78, 5) is 15.1. The van der Waals surface area contributed by atoms with Crippen LogP contribution in [0.15, 0.2) is 60.7 Å². The zero-order valence-electron chi connectivity index (χ0n) is 22.7. The second-order valence-corrected chi connectivity index (χ2v) is 10.8. The summed E-state index contributed by atoms with van der Waals surface area (Å²) in [5.41, 5.74) is 13.8. The molecule has 1 aliphatic carbocycles. The first-order valence-corrected chi connectivity index (χ1v) is 14.3. The highest BCUT2D eigenvalue weighted by atomic mass is 16.5. The van der Waals surface area contributed by atoms with Crippen LogP contribution >= 0.6 is 0 Å². The molecule has 0 atom stereocenters. The van der Waals surface area contributed by atoms with Gasteiger partial charge in [0.15, 0.2) is 0 Å². The number of methoxy groups -OCH3 is 1. The van der Waals surface area contributed by atoms with E-state index in [9.17, 15) is 4.79 Å². The Morgan fingerprint density at radius 1 is 0.921 bits per heavy atom. The zero-order chi connectivity index (χ0) is 26.3. The van der Waals surface area contributed by atoms with E-state index in [2.05, 4.69) is 22.3 Å². The SMILES string of the molecule is COc1c(C2CCN(CCCCNC(=O)c3ccc(-c4ccc(N)cc4)cc3)CC2)ccc2c1CCCC2. The number of likely N-dealkylation sites (tertiary alicyclic amines) is 1. The van der Waals surface area contributed by atoms with Crippen molar-refractivity contribution in [3.05, 3.63) is 82.9 Å². The number of amides is 1. The van der Waals surface area contributed by atoms with Crippen molar-refractivity contribution in [3.63, 3.8) is 0 Å². The number of nitrogens with zero attached hydrogens (tertiary/aromatic N) is 1. The van der Waals surface area contributed by atoms with E-state index < -0.39 is 0 Å². The van der Waals surface area contributed by atoms with Gasteiger partial charge in [0.2, 0.25) is 0 Å². The van der Waals surface area contributed by atoms with E-state index in [0.29, 0.717) is 18.0 Å². The molecule has 1 saturated heterocycles. The molecule has 2 aliphatic rings. The first-order valence-electron chi connectivity index (χ1n) is 14.3. The van der Waals surface area contributed by atoms with Crippen molar-refractivity contribution in [2.45, 2.75) is 57.3 Å². The molecule has 5 rings (SSSR count). The molecule has 3 N–H and O–H groups in total. The molecule has 0 unspecified atom stereocenters. The van der Waals surface area contributed by atoms with Crippen LogP contribution in [0.3, 0.4) is 0 Å². The molecule has 1 fully saturated rings. The molecular formula is C33H41N3O2. The van der Waals surface area contributed by atoms with Gasteiger partial charge in [-0.3, -0.25) is 4.79 Å². The van der Waals surface area contributed by atoms with Crippen LogP contribution in [0, 0.1) is 0 Å². The zero-order valence-corrected chi connectivity index (χ0v) is 22.7. The van der Waals surface area contributed by atoms with Crippen molar-refractivity contribution < 1.29 is 9.53 Å². The van der Waals surface area contributed by atoms with E-state index in [4.69, 9.17) is 10.5 Å². The van der Waals surface area contributed by atoms with Gasteiger partial charge >= 0.3 is 0 Å². The lowest BCUT2D eigenvalue weighted by Gasteiger charge is -2.33. The minimum absolute atomic E-state index is 0.00586. The molecule has 5 nitrogen and oxygen atoms in total. The average Bonchev–Trinajstić information content (AvgIpc) is 2.97. The van der Waals surface area contributed by atoms with Gasteiger partial charge in [0, 0.05) is 17.8 Å². The minimum atomic E-state index is -0.00586. The molecule has 5 heteroatoms. The van der Waals surface area contributed by atoms with Crippen LogP contribution < -0.4 is 15.8 Å². The number of fused-ring (bicyclic) bond motifs is 1. The number of anilines is 1. The van der Waals surface area contributed by atoms with Gasteiger partial charge in [0.1, 0.15) is 5.75 Å². The molecule has 0 aromatic heterocycles. The first-order chi connectivity index (χ1) is 18.6. The number of carbonyl (C=O) groups is 1. The van der Waals surface area contributed by atoms with Gasteiger partial charge in [0.25, 0.3) is 5.91 Å². The van der Waals surface area contributed by atoms with Gasteiger partial charge < -0.3 is 20.7 Å². The number of unbranched alkanes of at least 4 members (excludes halogenated alkanes) is 1. The van der Waals surface area contributed by atoms with Crippen LogP contribution in [-0.2, 0) is 12.8 Å². The molecule has 200 valence electrons. The Labute approximate surface area is 227 Å². The Balaban J connectivity index is 1.02. The minimum Gasteiger partial charge on any atom is -0.496 e. The van der Waals surface area contributed by atoms with Crippen LogP contribution in [-0.4, -0.2) is 44.1 Å². The van der Waals surface area contributed by atoms with Crippen molar-refractivity contribution in [1.29, 1.82) is 0 Å². The number of piperidine rings is 1. The molecule has 1 aliphatic heterocycles. The molecule has 0 bridgehead atoms. The summed E-state index contributed by atoms with van der Waals surface area (Å²) in [5.74, 6) is 1.77. The first kappa shape index (κ1) is 26.3. The standard InChI is InChI=1S/C33H41N3O2/c1-38-32-30-7-3-2-6-26(30)14-17-31(32)27-18-22-36(23-19-27)21-5-4-20-35-33(37)28-10-8-24(9-11-28)25-12-15-29(34)16-13-25/h8-17,27H,2-7,18-23,34H2,1H3,(H,35,37). The van der Waals surface area contributed by atoms with E-state index in [-0.39, 0.29) is 5.91 Å². The maximum atomic E-state index is 12.6. The van der Waals surface area contributed by atoms with Crippen molar-refractivity contribution in [2.24, 2.45) is 0 Å². The monoisotopic (exact) mass is 511 g/mol. The number of hydrogen-bond donors (Lipinski definition) is 2. The third-order valence-electron chi connectivity index (χ3n) is 8.32. The third-order valence-corrected chi connectivity index (χ3v) is 8.32. The largest absolute Gasteiger partial charge is 0.496 e. The number of ether oxygens (including phenoxy) is 1. The molecule has 1 amide bonds. The topological polar surface area (TPSA) is 67.6 Å². The summed E-state index contributed by atoms with van der Waals surface area (Å²) in [5, 5.41) is 3.08. The quantitative estimate of drug-likeness (QED) is 0.265. The highest BCUT2D eigenvalue weighted by molar-refractivity contribution is 5.94. The molecular weight excluding hydrogens is 470 g/mol. The smallest absolute Gasteiger partial charge is 0.251 e. The summed E-state index contributed by atoms with van der Waals surface area (Å²) in [7, 11) is 1.85. The van der Waals surface area contributed by atoms with Crippen molar-refractivity contribution >= 4 is 11.6 Å². The molecule has 38 heavy (non-hydrogen) atoms. The lowest BCUT2D eigenvalue weighted by molar-refractivity contribution is 0.0952. The van der Waals surface area contributed by atoms with Crippen molar-refractivity contribution in [3.8, 4) is 16.9 Å². The van der Waals surface area contributed by atoms with E-state index in [1.807, 2.05) is 55.6 Å². The van der Waals surface area contributed by atoms with Gasteiger partial charge in [-0.05, 0) is 129 Å². The van der Waals surface area contributed by atoms with Crippen LogP contribution in [0.2, 0.25) is 0 Å². The number of nitrogen functional groups attached to an aromatic ring is 1. The number of carbonyl (C=O) groups excluding carboxylic acids is 1. The number of aryl methyl sites for hydroxylation is 1. The van der Waals surface area contributed by atoms with E-state index >= 15 is 0 Å². The third kappa shape index (κ3) is 6.21. The van der Waals surface area contributed by atoms with Crippen molar-refractivity contribution in [2.75, 3.05) is 39.0 Å². The van der Waals surface area contributed by atoms with Gasteiger partial charge in [-0.2, -0.15) is 0 Å². The van der Waals surface area contributed by atoms with E-state index in [1.54, 1.807) is 0 Å². The lowest BCUT2D eigenvalue weighted by Crippen LogP contribution is -2.34. The second kappa shape index (κ2) is 12.5. The highest BCUT2D eigenvalue weighted by Gasteiger charge is 2.26. The Morgan fingerprint density at radius 3 is 2.32 bits per heavy atom. The van der Waals surface area contributed by atoms with Crippen molar-refractivity contribution in [1.82, 2.24) is 10.2 Å². The van der Waals surface area contributed by atoms with E-state index in [1.165, 1.54) is 54.5 Å². The average molecular weight is 512 g/mol. The van der Waals surface area contributed by atoms with Gasteiger partial charge in [-0.15, -0.1) is 0 Å². The fraction of sp³-hybridized carbons (Fsp3) is 0.424. The Morgan fingerprint density at radius 2 is 1.61 bits per heavy atom. The summed E-state index contributed by atoms with van der Waals surface area (Å²) in [6, 6.07) is 20.3. The van der Waals surface area contributed by atoms with Gasteiger partial charge in [0.05, 0.1) is 7.11 Å². The van der Waals surface area contributed by atoms with Crippen LogP contribution in [0.4, 0.5) is 5.69 Å². The number of rotatable bonds is 9. The number of hydrogen-bond acceptors (Lipinski definition) is 4. The Bertz CT molecular complexity index is 1210. The summed E-state index contributed by atoms with van der Waals surface area (Å²) in [6.07, 6.45) is 9.42. The van der Waals surface area contributed by atoms with E-state index in [0.717, 1.165) is 55.7 Å². The molecule has 1 heterocycles. The Hall–Kier alpha value is -3.31. The summed E-state index contributed by atoms with van der Waals surface area (Å²) in [6.45, 7) is 4.08. The number of benzene rings is 3. The fourth-order valence-corrected chi connectivity index (χ4v) is 6.10. The lowest BCUT2D eigenvalue weighted by atomic mass is 9.83. The van der Waals surface area contributed by atoms with Gasteiger partial charge in [-0.1, -0.05) is 36.4 Å². The Kier molecular flexibility index (Phi) is 8.65. The maximum Gasteiger partial charge on any atom is 0.251 e. The fourth-order valence-electron chi connectivity index (χ4n) is 6.10. The highest BCUT2D eigenvalue weighted by Crippen LogP contribution is 2.40. The normalized spacial score (nSPS) is 16.1. The van der Waals surface area contributed by atoms with Crippen LogP contribution in [0.5, 0.6) is 5.75 Å². The van der Waals surface area contributed by atoms with Gasteiger partial charge in [-0.25, -0.2) is 0 Å². The summed E-state index contributed by atoms with van der Waals surface area (Å²) >= 11 is 0. The molecule has 0 spiro atoms. The molecule has 0 saturated carbocycles. The predicted octanol–water partition coefficient (Wildman–Crippen LogP) is 6.21. The van der Waals surface area contributed by atoms with Crippen LogP contribution in [0.25, 0.3) is 11.1 Å². The summed E-state index contributed by atoms with van der Waals surface area (Å²) < 4.78 is 5.94. The maximum absolute atomic E-state index is 12.6. The van der Waals surface area contributed by atoms with Crippen LogP contribution in [0.1, 0.15) is 71.5 Å². The second-order valence-electron chi connectivity index (χ2n) is 10.8. The number of nitrogens with one attached hydrogen (secondary N) is 1. The molecule has 0 radical (unpaired) electrons. The predicted molar refractivity (Wildman–Crippen MR) is 156 cm³/mol.